The summed E-state index contributed by atoms with van der Waals surface area (Å²) in [6, 6.07) is 7.84. The number of anilines is 1. The molecule has 1 aliphatic heterocycles. The molecule has 0 spiro atoms. The molecule has 0 saturated carbocycles. The molecule has 0 aromatic carbocycles. The molecule has 6 heteroatoms. The van der Waals surface area contributed by atoms with Crippen molar-refractivity contribution in [2.24, 2.45) is 0 Å². The fourth-order valence-electron chi connectivity index (χ4n) is 3.37. The zero-order valence-electron chi connectivity index (χ0n) is 13.4. The highest BCUT2D eigenvalue weighted by atomic mass is 32.1. The number of piperazine rings is 1. The summed E-state index contributed by atoms with van der Waals surface area (Å²) in [7, 11) is 0. The van der Waals surface area contributed by atoms with Crippen LogP contribution in [0.3, 0.4) is 0 Å². The van der Waals surface area contributed by atoms with Crippen molar-refractivity contribution in [3.8, 4) is 6.07 Å². The second-order valence-electron chi connectivity index (χ2n) is 6.21. The van der Waals surface area contributed by atoms with Crippen LogP contribution in [0, 0.1) is 11.3 Å². The fraction of sp³-hybridized carbons (Fsp3) is 0.389. The minimum absolute atomic E-state index is 0.168. The largest absolute Gasteiger partial charge is 0.353 e. The van der Waals surface area contributed by atoms with E-state index >= 15 is 0 Å². The van der Waals surface area contributed by atoms with E-state index in [1.165, 1.54) is 16.9 Å². The highest BCUT2D eigenvalue weighted by Crippen LogP contribution is 2.31. The van der Waals surface area contributed by atoms with Gasteiger partial charge in [0.15, 0.2) is 0 Å². The number of fused-ring (bicyclic) bond motifs is 1. The van der Waals surface area contributed by atoms with Gasteiger partial charge in [0.25, 0.3) is 5.91 Å². The van der Waals surface area contributed by atoms with Crippen molar-refractivity contribution < 1.29 is 4.79 Å². The summed E-state index contributed by atoms with van der Waals surface area (Å²) in [6.45, 7) is 2.97. The SMILES string of the molecule is N#Cc1ccc(N2CCN(C(=O)c3cc4c(s3)CCC4)CC2)nc1. The first-order valence-corrected chi connectivity index (χ1v) is 9.08. The number of thiophene rings is 1. The zero-order valence-corrected chi connectivity index (χ0v) is 14.2. The molecular weight excluding hydrogens is 320 g/mol. The van der Waals surface area contributed by atoms with Crippen LogP contribution in [0.4, 0.5) is 5.82 Å². The molecule has 1 amide bonds. The predicted octanol–water partition coefficient (Wildman–Crippen LogP) is 2.47. The van der Waals surface area contributed by atoms with Gasteiger partial charge in [-0.2, -0.15) is 5.26 Å². The first-order chi connectivity index (χ1) is 11.7. The summed E-state index contributed by atoms with van der Waals surface area (Å²) in [5.41, 5.74) is 1.95. The van der Waals surface area contributed by atoms with Gasteiger partial charge >= 0.3 is 0 Å². The molecule has 5 nitrogen and oxygen atoms in total. The fourth-order valence-corrected chi connectivity index (χ4v) is 4.59. The minimum Gasteiger partial charge on any atom is -0.353 e. The van der Waals surface area contributed by atoms with Crippen LogP contribution >= 0.6 is 11.3 Å². The van der Waals surface area contributed by atoms with Gasteiger partial charge in [-0.05, 0) is 43.0 Å². The Morgan fingerprint density at radius 1 is 1.21 bits per heavy atom. The van der Waals surface area contributed by atoms with Crippen LogP contribution in [-0.4, -0.2) is 42.0 Å². The lowest BCUT2D eigenvalue weighted by Gasteiger charge is -2.35. The van der Waals surface area contributed by atoms with Gasteiger partial charge in [0.05, 0.1) is 10.4 Å². The lowest BCUT2D eigenvalue weighted by atomic mass is 10.2. The number of hydrogen-bond donors (Lipinski definition) is 0. The van der Waals surface area contributed by atoms with Gasteiger partial charge in [0, 0.05) is 37.3 Å². The maximum atomic E-state index is 12.7. The summed E-state index contributed by atoms with van der Waals surface area (Å²) in [5.74, 6) is 1.04. The Bertz CT molecular complexity index is 776. The second kappa shape index (κ2) is 6.25. The van der Waals surface area contributed by atoms with E-state index in [2.05, 4.69) is 22.0 Å². The molecule has 0 atom stereocenters. The van der Waals surface area contributed by atoms with Crippen LogP contribution in [0.5, 0.6) is 0 Å². The molecule has 1 saturated heterocycles. The molecule has 0 radical (unpaired) electrons. The molecule has 2 aromatic heterocycles. The monoisotopic (exact) mass is 338 g/mol. The molecule has 2 aliphatic rings. The normalized spacial score (nSPS) is 16.8. The Morgan fingerprint density at radius 3 is 2.71 bits per heavy atom. The van der Waals surface area contributed by atoms with E-state index in [1.54, 1.807) is 23.6 Å². The molecule has 122 valence electrons. The van der Waals surface area contributed by atoms with E-state index in [9.17, 15) is 4.79 Å². The topological polar surface area (TPSA) is 60.2 Å². The van der Waals surface area contributed by atoms with E-state index in [0.29, 0.717) is 18.7 Å². The summed E-state index contributed by atoms with van der Waals surface area (Å²) in [6.07, 6.45) is 5.08. The number of aryl methyl sites for hydroxylation is 2. The van der Waals surface area contributed by atoms with E-state index in [-0.39, 0.29) is 5.91 Å². The van der Waals surface area contributed by atoms with Crippen molar-refractivity contribution in [2.75, 3.05) is 31.1 Å². The van der Waals surface area contributed by atoms with E-state index < -0.39 is 0 Å². The maximum Gasteiger partial charge on any atom is 0.264 e. The Balaban J connectivity index is 1.40. The van der Waals surface area contributed by atoms with Crippen LogP contribution in [0.1, 0.15) is 32.1 Å². The molecule has 1 fully saturated rings. The number of carbonyl (C=O) groups excluding carboxylic acids is 1. The quantitative estimate of drug-likeness (QED) is 0.844. The van der Waals surface area contributed by atoms with Gasteiger partial charge in [0.1, 0.15) is 11.9 Å². The Hall–Kier alpha value is -2.39. The molecule has 4 rings (SSSR count). The van der Waals surface area contributed by atoms with Gasteiger partial charge in [-0.25, -0.2) is 4.98 Å². The smallest absolute Gasteiger partial charge is 0.264 e. The number of pyridine rings is 1. The van der Waals surface area contributed by atoms with Crippen molar-refractivity contribution in [2.45, 2.75) is 19.3 Å². The third-order valence-electron chi connectivity index (χ3n) is 4.73. The van der Waals surface area contributed by atoms with Crippen molar-refractivity contribution >= 4 is 23.1 Å². The van der Waals surface area contributed by atoms with Gasteiger partial charge in [-0.3, -0.25) is 4.79 Å². The first kappa shape index (κ1) is 15.2. The molecule has 0 N–H and O–H groups in total. The predicted molar refractivity (Wildman–Crippen MR) is 93.4 cm³/mol. The maximum absolute atomic E-state index is 12.7. The summed E-state index contributed by atoms with van der Waals surface area (Å²) < 4.78 is 0. The molecule has 3 heterocycles. The van der Waals surface area contributed by atoms with E-state index in [1.807, 2.05) is 11.0 Å². The Labute approximate surface area is 145 Å². The summed E-state index contributed by atoms with van der Waals surface area (Å²) >= 11 is 1.68. The standard InChI is InChI=1S/C18H18N4OS/c19-11-13-4-5-17(20-12-13)21-6-8-22(9-7-21)18(23)16-10-14-2-1-3-15(14)24-16/h4-5,10,12H,1-3,6-9H2. The van der Waals surface area contributed by atoms with Gasteiger partial charge < -0.3 is 9.80 Å². The number of hydrogen-bond acceptors (Lipinski definition) is 5. The van der Waals surface area contributed by atoms with Crippen molar-refractivity contribution in [3.63, 3.8) is 0 Å². The van der Waals surface area contributed by atoms with E-state index in [0.717, 1.165) is 36.6 Å². The van der Waals surface area contributed by atoms with Crippen LogP contribution < -0.4 is 4.90 Å². The molecule has 2 aromatic rings. The average molecular weight is 338 g/mol. The van der Waals surface area contributed by atoms with E-state index in [4.69, 9.17) is 5.26 Å². The number of aromatic nitrogens is 1. The zero-order chi connectivity index (χ0) is 16.5. The lowest BCUT2D eigenvalue weighted by molar-refractivity contribution is 0.0751. The number of carbonyl (C=O) groups is 1. The number of nitriles is 1. The molecule has 24 heavy (non-hydrogen) atoms. The number of nitrogens with zero attached hydrogens (tertiary/aromatic N) is 4. The number of rotatable bonds is 2. The Kier molecular flexibility index (Phi) is 3.95. The van der Waals surface area contributed by atoms with Crippen molar-refractivity contribution in [3.05, 3.63) is 45.3 Å². The summed E-state index contributed by atoms with van der Waals surface area (Å²) in [4.78, 5) is 23.4. The Morgan fingerprint density at radius 2 is 2.04 bits per heavy atom. The van der Waals surface area contributed by atoms with Crippen LogP contribution in [0.15, 0.2) is 24.4 Å². The van der Waals surface area contributed by atoms with Crippen LogP contribution in [-0.2, 0) is 12.8 Å². The van der Waals surface area contributed by atoms with Crippen LogP contribution in [0.2, 0.25) is 0 Å². The van der Waals surface area contributed by atoms with Gasteiger partial charge in [0.2, 0.25) is 0 Å². The highest BCUT2D eigenvalue weighted by molar-refractivity contribution is 7.14. The lowest BCUT2D eigenvalue weighted by Crippen LogP contribution is -2.48. The average Bonchev–Trinajstić information content (AvgIpc) is 3.23. The highest BCUT2D eigenvalue weighted by Gasteiger charge is 2.25. The third-order valence-corrected chi connectivity index (χ3v) is 5.95. The van der Waals surface area contributed by atoms with Crippen molar-refractivity contribution in [1.82, 2.24) is 9.88 Å². The summed E-state index contributed by atoms with van der Waals surface area (Å²) in [5, 5.41) is 8.84. The molecule has 0 unspecified atom stereocenters. The van der Waals surface area contributed by atoms with Crippen LogP contribution in [0.25, 0.3) is 0 Å². The number of amides is 1. The minimum atomic E-state index is 0.168. The molecule has 1 aliphatic carbocycles. The van der Waals surface area contributed by atoms with Gasteiger partial charge in [-0.1, -0.05) is 0 Å². The van der Waals surface area contributed by atoms with Crippen molar-refractivity contribution in [1.29, 1.82) is 5.26 Å². The first-order valence-electron chi connectivity index (χ1n) is 8.26. The molecule has 0 bridgehead atoms. The third kappa shape index (κ3) is 2.76. The van der Waals surface area contributed by atoms with Gasteiger partial charge in [-0.15, -0.1) is 11.3 Å². The second-order valence-corrected chi connectivity index (χ2v) is 7.35. The molecular formula is C18H18N4OS.